The first-order chi connectivity index (χ1) is 11.9. The molecule has 0 bridgehead atoms. The van der Waals surface area contributed by atoms with Crippen molar-refractivity contribution in [2.24, 2.45) is 0 Å². The monoisotopic (exact) mass is 368 g/mol. The molecule has 1 aromatic carbocycles. The zero-order valence-corrected chi connectivity index (χ0v) is 13.9. The predicted octanol–water partition coefficient (Wildman–Crippen LogP) is 2.33. The second-order valence-corrected chi connectivity index (χ2v) is 5.90. The van der Waals surface area contributed by atoms with Crippen LogP contribution in [0.1, 0.15) is 16.6 Å². The van der Waals surface area contributed by atoms with Crippen molar-refractivity contribution in [3.05, 3.63) is 52.2 Å². The Hall–Kier alpha value is -2.81. The predicted molar refractivity (Wildman–Crippen MR) is 87.2 cm³/mol. The Labute approximate surface area is 145 Å². The summed E-state index contributed by atoms with van der Waals surface area (Å²) in [5.41, 5.74) is -0.361. The van der Waals surface area contributed by atoms with Crippen LogP contribution < -0.4 is 10.6 Å². The minimum Gasteiger partial charge on any atom is -0.454 e. The molecule has 1 unspecified atom stereocenters. The summed E-state index contributed by atoms with van der Waals surface area (Å²) in [6.07, 6.45) is 0. The average molecular weight is 368 g/mol. The minimum atomic E-state index is -0.978. The number of amides is 2. The summed E-state index contributed by atoms with van der Waals surface area (Å²) in [7, 11) is 0. The third kappa shape index (κ3) is 5.35. The summed E-state index contributed by atoms with van der Waals surface area (Å²) in [5.74, 6) is -3.66. The Balaban J connectivity index is 1.81. The van der Waals surface area contributed by atoms with E-state index in [0.717, 1.165) is 18.2 Å². The summed E-state index contributed by atoms with van der Waals surface area (Å²) in [4.78, 5) is 35.7. The van der Waals surface area contributed by atoms with Gasteiger partial charge < -0.3 is 15.4 Å². The zero-order valence-electron chi connectivity index (χ0n) is 13.0. The SMILES string of the molecule is CC(NC(=O)c1cccs1)C(=O)OCC(=O)Nc1cc(F)ccc1F. The van der Waals surface area contributed by atoms with Gasteiger partial charge in [0.05, 0.1) is 10.6 Å². The lowest BCUT2D eigenvalue weighted by Crippen LogP contribution is -2.40. The fourth-order valence-corrected chi connectivity index (χ4v) is 2.40. The molecule has 0 saturated heterocycles. The van der Waals surface area contributed by atoms with Crippen LogP contribution >= 0.6 is 11.3 Å². The molecule has 0 aliphatic rings. The van der Waals surface area contributed by atoms with E-state index >= 15 is 0 Å². The van der Waals surface area contributed by atoms with E-state index in [9.17, 15) is 23.2 Å². The Morgan fingerprint density at radius 2 is 2.00 bits per heavy atom. The van der Waals surface area contributed by atoms with E-state index in [-0.39, 0.29) is 5.69 Å². The van der Waals surface area contributed by atoms with Gasteiger partial charge in [-0.25, -0.2) is 13.6 Å². The van der Waals surface area contributed by atoms with E-state index in [1.54, 1.807) is 17.5 Å². The van der Waals surface area contributed by atoms with E-state index < -0.39 is 42.1 Å². The molecule has 2 aromatic rings. The van der Waals surface area contributed by atoms with E-state index in [1.165, 1.54) is 18.3 Å². The third-order valence-corrected chi connectivity index (χ3v) is 3.86. The second-order valence-electron chi connectivity index (χ2n) is 4.95. The molecule has 2 N–H and O–H groups in total. The number of ether oxygens (including phenoxy) is 1. The highest BCUT2D eigenvalue weighted by atomic mass is 32.1. The van der Waals surface area contributed by atoms with Gasteiger partial charge in [0.1, 0.15) is 17.7 Å². The van der Waals surface area contributed by atoms with Crippen LogP contribution in [0.3, 0.4) is 0 Å². The van der Waals surface area contributed by atoms with Crippen molar-refractivity contribution in [2.45, 2.75) is 13.0 Å². The maximum Gasteiger partial charge on any atom is 0.328 e. The van der Waals surface area contributed by atoms with Gasteiger partial charge in [-0.05, 0) is 30.5 Å². The maximum atomic E-state index is 13.4. The molecule has 2 amide bonds. The Kier molecular flexibility index (Phi) is 6.18. The molecule has 0 saturated carbocycles. The van der Waals surface area contributed by atoms with Gasteiger partial charge in [-0.3, -0.25) is 9.59 Å². The van der Waals surface area contributed by atoms with Crippen molar-refractivity contribution in [2.75, 3.05) is 11.9 Å². The van der Waals surface area contributed by atoms with Gasteiger partial charge in [-0.15, -0.1) is 11.3 Å². The quantitative estimate of drug-likeness (QED) is 0.767. The molecule has 25 heavy (non-hydrogen) atoms. The largest absolute Gasteiger partial charge is 0.454 e. The molecule has 0 spiro atoms. The maximum absolute atomic E-state index is 13.4. The van der Waals surface area contributed by atoms with Crippen LogP contribution in [-0.4, -0.2) is 30.4 Å². The highest BCUT2D eigenvalue weighted by molar-refractivity contribution is 7.12. The van der Waals surface area contributed by atoms with E-state index in [2.05, 4.69) is 10.6 Å². The summed E-state index contributed by atoms with van der Waals surface area (Å²) >= 11 is 1.21. The van der Waals surface area contributed by atoms with Crippen LogP contribution in [0.15, 0.2) is 35.7 Å². The lowest BCUT2D eigenvalue weighted by Gasteiger charge is -2.13. The number of rotatable bonds is 6. The fourth-order valence-electron chi connectivity index (χ4n) is 1.78. The first-order valence-electron chi connectivity index (χ1n) is 7.12. The van der Waals surface area contributed by atoms with Crippen LogP contribution in [0, 0.1) is 11.6 Å². The van der Waals surface area contributed by atoms with Crippen molar-refractivity contribution in [3.8, 4) is 0 Å². The average Bonchev–Trinajstić information content (AvgIpc) is 3.10. The highest BCUT2D eigenvalue weighted by Gasteiger charge is 2.19. The van der Waals surface area contributed by atoms with E-state index in [0.29, 0.717) is 4.88 Å². The Morgan fingerprint density at radius 1 is 1.24 bits per heavy atom. The Morgan fingerprint density at radius 3 is 2.68 bits per heavy atom. The fraction of sp³-hybridized carbons (Fsp3) is 0.188. The number of benzene rings is 1. The smallest absolute Gasteiger partial charge is 0.328 e. The molecule has 1 atom stereocenters. The van der Waals surface area contributed by atoms with E-state index in [4.69, 9.17) is 4.74 Å². The van der Waals surface area contributed by atoms with Crippen molar-refractivity contribution < 1.29 is 27.9 Å². The molecule has 6 nitrogen and oxygen atoms in total. The molecule has 0 fully saturated rings. The topological polar surface area (TPSA) is 84.5 Å². The molecule has 0 radical (unpaired) electrons. The van der Waals surface area contributed by atoms with E-state index in [1.807, 2.05) is 0 Å². The van der Waals surface area contributed by atoms with Crippen LogP contribution in [0.25, 0.3) is 0 Å². The number of hydrogen-bond donors (Lipinski definition) is 2. The first kappa shape index (κ1) is 18.5. The molecular formula is C16H14F2N2O4S. The van der Waals surface area contributed by atoms with Crippen LogP contribution in [-0.2, 0) is 14.3 Å². The lowest BCUT2D eigenvalue weighted by atomic mass is 10.3. The number of hydrogen-bond acceptors (Lipinski definition) is 5. The number of esters is 1. The van der Waals surface area contributed by atoms with Crippen LogP contribution in [0.4, 0.5) is 14.5 Å². The Bertz CT molecular complexity index is 780. The minimum absolute atomic E-state index is 0.361. The summed E-state index contributed by atoms with van der Waals surface area (Å²) in [6, 6.07) is 4.88. The first-order valence-corrected chi connectivity index (χ1v) is 8.00. The van der Waals surface area contributed by atoms with Crippen LogP contribution in [0.5, 0.6) is 0 Å². The number of halogens is 2. The standard InChI is InChI=1S/C16H14F2N2O4S/c1-9(19-15(22)13-3-2-6-25-13)16(23)24-8-14(21)20-12-7-10(17)4-5-11(12)18/h2-7,9H,8H2,1H3,(H,19,22)(H,20,21). The van der Waals surface area contributed by atoms with Crippen molar-refractivity contribution in [3.63, 3.8) is 0 Å². The van der Waals surface area contributed by atoms with Crippen molar-refractivity contribution in [1.29, 1.82) is 0 Å². The molecule has 0 aliphatic heterocycles. The van der Waals surface area contributed by atoms with Gasteiger partial charge in [0.2, 0.25) is 0 Å². The molecule has 0 aliphatic carbocycles. The molecule has 2 rings (SSSR count). The molecule has 9 heteroatoms. The number of nitrogens with one attached hydrogen (secondary N) is 2. The number of carbonyl (C=O) groups excluding carboxylic acids is 3. The van der Waals surface area contributed by atoms with Gasteiger partial charge in [-0.1, -0.05) is 6.07 Å². The highest BCUT2D eigenvalue weighted by Crippen LogP contribution is 2.15. The number of thiophene rings is 1. The lowest BCUT2D eigenvalue weighted by molar-refractivity contribution is -0.148. The normalized spacial score (nSPS) is 11.5. The van der Waals surface area contributed by atoms with Gasteiger partial charge in [0.25, 0.3) is 11.8 Å². The summed E-state index contributed by atoms with van der Waals surface area (Å²) in [6.45, 7) is 0.700. The zero-order chi connectivity index (χ0) is 18.4. The van der Waals surface area contributed by atoms with Crippen molar-refractivity contribution >= 4 is 34.8 Å². The van der Waals surface area contributed by atoms with Crippen molar-refractivity contribution in [1.82, 2.24) is 5.32 Å². The molecular weight excluding hydrogens is 354 g/mol. The number of carbonyl (C=O) groups is 3. The number of anilines is 1. The van der Waals surface area contributed by atoms with Gasteiger partial charge in [0, 0.05) is 6.07 Å². The van der Waals surface area contributed by atoms with Crippen LogP contribution in [0.2, 0.25) is 0 Å². The second kappa shape index (κ2) is 8.34. The molecule has 132 valence electrons. The third-order valence-electron chi connectivity index (χ3n) is 2.99. The summed E-state index contributed by atoms with van der Waals surface area (Å²) < 4.78 is 31.2. The van der Waals surface area contributed by atoms with Gasteiger partial charge in [0.15, 0.2) is 6.61 Å². The van der Waals surface area contributed by atoms with Gasteiger partial charge in [-0.2, -0.15) is 0 Å². The molecule has 1 heterocycles. The molecule has 1 aromatic heterocycles. The van der Waals surface area contributed by atoms with Gasteiger partial charge >= 0.3 is 5.97 Å². The summed E-state index contributed by atoms with van der Waals surface area (Å²) in [5, 5.41) is 6.24.